The van der Waals surface area contributed by atoms with Crippen molar-refractivity contribution in [3.8, 4) is 0 Å². The number of ketones is 2. The number of hydrogen-bond donors (Lipinski definition) is 1. The van der Waals surface area contributed by atoms with Crippen molar-refractivity contribution in [2.75, 3.05) is 0 Å². The Morgan fingerprint density at radius 3 is 2.84 bits per heavy atom. The van der Waals surface area contributed by atoms with Crippen molar-refractivity contribution >= 4 is 11.6 Å². The van der Waals surface area contributed by atoms with Crippen LogP contribution in [0.3, 0.4) is 0 Å². The van der Waals surface area contributed by atoms with Gasteiger partial charge in [0.2, 0.25) is 0 Å². The molecule has 4 aliphatic carbocycles. The van der Waals surface area contributed by atoms with Crippen molar-refractivity contribution in [1.82, 2.24) is 0 Å². The van der Waals surface area contributed by atoms with Crippen LogP contribution in [0, 0.1) is 28.6 Å². The minimum Gasteiger partial charge on any atom is -0.393 e. The number of allylic oxidation sites excluding steroid dienone is 4. The molecule has 25 heavy (non-hydrogen) atoms. The average molecular weight is 342 g/mol. The minimum absolute atomic E-state index is 0.0409. The van der Waals surface area contributed by atoms with E-state index in [1.807, 2.05) is 6.08 Å². The van der Waals surface area contributed by atoms with Crippen LogP contribution in [-0.2, 0) is 14.3 Å². The first-order valence-corrected chi connectivity index (χ1v) is 9.55. The van der Waals surface area contributed by atoms with Crippen LogP contribution in [0.2, 0.25) is 0 Å². The zero-order valence-electron chi connectivity index (χ0n) is 15.1. The molecule has 0 amide bonds. The van der Waals surface area contributed by atoms with E-state index in [4.69, 9.17) is 4.74 Å². The number of aliphatic hydroxyl groups excluding tert-OH is 1. The lowest BCUT2D eigenvalue weighted by atomic mass is 9.46. The summed E-state index contributed by atoms with van der Waals surface area (Å²) in [5.41, 5.74) is 0.00769. The standard InChI is InChI=1S/C21H26O4/c1-11(22)21-17(25-21)9-15-14-5-4-12-8-13(23)6-7-19(12,2)18(14)16(24)10-20(15,21)3/h6-8,14-18,24H,4-5,9-10H2,1-3H3/t14-,15-,16+,17?,18+,19-,20-,21+/m0/s1. The van der Waals surface area contributed by atoms with Crippen LogP contribution < -0.4 is 0 Å². The fraction of sp³-hybridized carbons (Fsp3) is 0.714. The van der Waals surface area contributed by atoms with E-state index in [-0.39, 0.29) is 34.4 Å². The topological polar surface area (TPSA) is 66.9 Å². The number of rotatable bonds is 1. The Balaban J connectivity index is 1.57. The lowest BCUT2D eigenvalue weighted by Gasteiger charge is -2.59. The van der Waals surface area contributed by atoms with Gasteiger partial charge in [-0.05, 0) is 56.6 Å². The SMILES string of the molecule is CC(=O)[C@@]12OC1C[C@H]1[C@@H]3CCC4=CC(=O)C=C[C@]4(C)[C@H]3[C@H](O)C[C@@]12C. The molecule has 8 atom stereocenters. The Bertz CT molecular complexity index is 751. The van der Waals surface area contributed by atoms with Gasteiger partial charge < -0.3 is 9.84 Å². The van der Waals surface area contributed by atoms with Crippen LogP contribution in [-0.4, -0.2) is 34.5 Å². The summed E-state index contributed by atoms with van der Waals surface area (Å²) in [6, 6.07) is 0. The van der Waals surface area contributed by atoms with Gasteiger partial charge in [0.25, 0.3) is 0 Å². The molecule has 134 valence electrons. The first kappa shape index (κ1) is 16.0. The molecule has 1 aliphatic heterocycles. The number of carbonyl (C=O) groups excluding carboxylic acids is 2. The Kier molecular flexibility index (Phi) is 2.89. The van der Waals surface area contributed by atoms with Crippen LogP contribution >= 0.6 is 0 Å². The lowest BCUT2D eigenvalue weighted by Crippen LogP contribution is -2.59. The monoisotopic (exact) mass is 342 g/mol. The van der Waals surface area contributed by atoms with Crippen molar-refractivity contribution in [2.45, 2.75) is 64.3 Å². The lowest BCUT2D eigenvalue weighted by molar-refractivity contribution is -0.152. The van der Waals surface area contributed by atoms with E-state index in [9.17, 15) is 14.7 Å². The molecule has 3 saturated carbocycles. The Hall–Kier alpha value is -1.26. The molecule has 1 heterocycles. The third-order valence-electron chi connectivity index (χ3n) is 8.45. The Morgan fingerprint density at radius 2 is 2.12 bits per heavy atom. The molecule has 4 heteroatoms. The number of epoxide rings is 1. The highest BCUT2D eigenvalue weighted by Gasteiger charge is 2.80. The molecule has 0 bridgehead atoms. The highest BCUT2D eigenvalue weighted by molar-refractivity contribution is 6.01. The summed E-state index contributed by atoms with van der Waals surface area (Å²) in [5.74, 6) is 1.09. The van der Waals surface area contributed by atoms with Gasteiger partial charge in [-0.15, -0.1) is 0 Å². The number of aliphatic hydroxyl groups is 1. The molecule has 0 spiro atoms. The molecule has 5 rings (SSSR count). The molecule has 1 saturated heterocycles. The summed E-state index contributed by atoms with van der Waals surface area (Å²) in [7, 11) is 0. The fourth-order valence-corrected chi connectivity index (χ4v) is 7.38. The quantitative estimate of drug-likeness (QED) is 0.744. The van der Waals surface area contributed by atoms with Crippen molar-refractivity contribution in [1.29, 1.82) is 0 Å². The molecule has 4 fully saturated rings. The molecule has 1 unspecified atom stereocenters. The highest BCUT2D eigenvalue weighted by atomic mass is 16.6. The summed E-state index contributed by atoms with van der Waals surface area (Å²) in [5, 5.41) is 11.2. The molecule has 4 nitrogen and oxygen atoms in total. The van der Waals surface area contributed by atoms with Crippen LogP contribution in [0.5, 0.6) is 0 Å². The zero-order valence-corrected chi connectivity index (χ0v) is 15.1. The van der Waals surface area contributed by atoms with Crippen LogP contribution in [0.1, 0.15) is 46.5 Å². The molecule has 0 aromatic rings. The van der Waals surface area contributed by atoms with E-state index >= 15 is 0 Å². The number of Topliss-reactive ketones (excluding diaryl/α,β-unsaturated/α-hetero) is 1. The van der Waals surface area contributed by atoms with E-state index in [0.717, 1.165) is 19.3 Å². The largest absolute Gasteiger partial charge is 0.393 e. The minimum atomic E-state index is -0.654. The smallest absolute Gasteiger partial charge is 0.178 e. The maximum absolute atomic E-state index is 12.4. The van der Waals surface area contributed by atoms with Crippen LogP contribution in [0.4, 0.5) is 0 Å². The summed E-state index contributed by atoms with van der Waals surface area (Å²) in [6.45, 7) is 5.99. The van der Waals surface area contributed by atoms with Crippen molar-refractivity contribution in [3.63, 3.8) is 0 Å². The first-order chi connectivity index (χ1) is 11.7. The third kappa shape index (κ3) is 1.66. The Morgan fingerprint density at radius 1 is 1.36 bits per heavy atom. The fourth-order valence-electron chi connectivity index (χ4n) is 7.38. The second-order valence-electron chi connectivity index (χ2n) is 9.35. The molecule has 0 aromatic heterocycles. The molecule has 0 radical (unpaired) electrons. The summed E-state index contributed by atoms with van der Waals surface area (Å²) < 4.78 is 5.92. The number of carbonyl (C=O) groups is 2. The predicted octanol–water partition coefficient (Wildman–Crippen LogP) is 2.60. The highest BCUT2D eigenvalue weighted by Crippen LogP contribution is 2.73. The maximum atomic E-state index is 12.4. The summed E-state index contributed by atoms with van der Waals surface area (Å²) >= 11 is 0. The van der Waals surface area contributed by atoms with Gasteiger partial charge in [-0.2, -0.15) is 0 Å². The van der Waals surface area contributed by atoms with Gasteiger partial charge in [-0.3, -0.25) is 9.59 Å². The zero-order chi connectivity index (χ0) is 17.8. The second-order valence-corrected chi connectivity index (χ2v) is 9.35. The van der Waals surface area contributed by atoms with E-state index in [0.29, 0.717) is 18.3 Å². The van der Waals surface area contributed by atoms with E-state index in [1.165, 1.54) is 5.57 Å². The van der Waals surface area contributed by atoms with Gasteiger partial charge in [-0.25, -0.2) is 0 Å². The summed E-state index contributed by atoms with van der Waals surface area (Å²) in [4.78, 5) is 24.2. The van der Waals surface area contributed by atoms with Gasteiger partial charge in [0.05, 0.1) is 12.2 Å². The predicted molar refractivity (Wildman–Crippen MR) is 91.7 cm³/mol. The summed E-state index contributed by atoms with van der Waals surface area (Å²) in [6.07, 6.45) is 8.48. The average Bonchev–Trinajstić information content (AvgIpc) is 3.22. The molecule has 5 aliphatic rings. The second kappa shape index (κ2) is 4.52. The van der Waals surface area contributed by atoms with Crippen molar-refractivity contribution in [3.05, 3.63) is 23.8 Å². The molecule has 1 N–H and O–H groups in total. The van der Waals surface area contributed by atoms with Gasteiger partial charge in [-0.1, -0.05) is 25.5 Å². The number of hydrogen-bond acceptors (Lipinski definition) is 4. The van der Waals surface area contributed by atoms with E-state index in [2.05, 4.69) is 13.8 Å². The van der Waals surface area contributed by atoms with Crippen molar-refractivity contribution < 1.29 is 19.4 Å². The molecular formula is C21H26O4. The third-order valence-corrected chi connectivity index (χ3v) is 8.45. The van der Waals surface area contributed by atoms with Gasteiger partial charge in [0.1, 0.15) is 0 Å². The van der Waals surface area contributed by atoms with E-state index in [1.54, 1.807) is 19.1 Å². The number of fused-ring (bicyclic) bond motifs is 7. The molecular weight excluding hydrogens is 316 g/mol. The first-order valence-electron chi connectivity index (χ1n) is 9.55. The van der Waals surface area contributed by atoms with Gasteiger partial charge >= 0.3 is 0 Å². The van der Waals surface area contributed by atoms with E-state index < -0.39 is 11.7 Å². The number of ether oxygens (including phenoxy) is 1. The van der Waals surface area contributed by atoms with Gasteiger partial charge in [0, 0.05) is 16.7 Å². The normalized spacial score (nSPS) is 55.6. The van der Waals surface area contributed by atoms with Crippen LogP contribution in [0.15, 0.2) is 23.8 Å². The maximum Gasteiger partial charge on any atom is 0.178 e. The molecule has 0 aromatic carbocycles. The van der Waals surface area contributed by atoms with Gasteiger partial charge in [0.15, 0.2) is 17.2 Å². The van der Waals surface area contributed by atoms with Crippen molar-refractivity contribution in [2.24, 2.45) is 28.6 Å². The van der Waals surface area contributed by atoms with Crippen LogP contribution in [0.25, 0.3) is 0 Å². The Labute approximate surface area is 148 Å².